The van der Waals surface area contributed by atoms with Crippen LogP contribution in [0, 0.1) is 6.92 Å². The summed E-state index contributed by atoms with van der Waals surface area (Å²) < 4.78 is 0.987. The van der Waals surface area contributed by atoms with E-state index in [2.05, 4.69) is 15.9 Å². The maximum atomic E-state index is 10.1. The van der Waals surface area contributed by atoms with Crippen molar-refractivity contribution in [3.05, 3.63) is 42.7 Å². The maximum Gasteiger partial charge on any atom is 0.115 e. The third-order valence-corrected chi connectivity index (χ3v) is 4.87. The zero-order valence-corrected chi connectivity index (χ0v) is 10.7. The van der Waals surface area contributed by atoms with Gasteiger partial charge in [0, 0.05) is 9.35 Å². The van der Waals surface area contributed by atoms with Crippen molar-refractivity contribution in [1.29, 1.82) is 0 Å². The minimum Gasteiger partial charge on any atom is -0.383 e. The summed E-state index contributed by atoms with van der Waals surface area (Å²) in [5, 5.41) is 14.1. The molecule has 1 unspecified atom stereocenters. The van der Waals surface area contributed by atoms with E-state index < -0.39 is 6.10 Å². The van der Waals surface area contributed by atoms with Crippen LogP contribution >= 0.6 is 38.6 Å². The largest absolute Gasteiger partial charge is 0.383 e. The molecule has 0 radical (unpaired) electrons. The number of thiophene rings is 2. The average molecular weight is 289 g/mol. The zero-order chi connectivity index (χ0) is 10.1. The highest BCUT2D eigenvalue weighted by molar-refractivity contribution is 9.10. The minimum atomic E-state index is -0.490. The van der Waals surface area contributed by atoms with Gasteiger partial charge in [0.2, 0.25) is 0 Å². The summed E-state index contributed by atoms with van der Waals surface area (Å²) in [4.78, 5) is 2.16. The molecule has 0 aliphatic rings. The van der Waals surface area contributed by atoms with Crippen LogP contribution in [0.5, 0.6) is 0 Å². The highest BCUT2D eigenvalue weighted by Crippen LogP contribution is 2.35. The number of hydrogen-bond acceptors (Lipinski definition) is 3. The predicted octanol–water partition coefficient (Wildman–Crippen LogP) is 3.96. The molecule has 1 atom stereocenters. The van der Waals surface area contributed by atoms with Crippen molar-refractivity contribution in [2.75, 3.05) is 0 Å². The Morgan fingerprint density at radius 3 is 2.50 bits per heavy atom. The van der Waals surface area contributed by atoms with Gasteiger partial charge < -0.3 is 5.11 Å². The molecular formula is C10H9BrOS2. The number of halogens is 1. The van der Waals surface area contributed by atoms with Gasteiger partial charge in [0.15, 0.2) is 0 Å². The zero-order valence-electron chi connectivity index (χ0n) is 7.53. The second-order valence-corrected chi connectivity index (χ2v) is 5.89. The third-order valence-electron chi connectivity index (χ3n) is 2.09. The molecule has 0 spiro atoms. The van der Waals surface area contributed by atoms with Crippen LogP contribution in [0.4, 0.5) is 0 Å². The summed E-state index contributed by atoms with van der Waals surface area (Å²) in [7, 11) is 0. The molecule has 0 amide bonds. The first-order chi connectivity index (χ1) is 6.70. The van der Waals surface area contributed by atoms with Gasteiger partial charge in [-0.2, -0.15) is 0 Å². The van der Waals surface area contributed by atoms with Crippen LogP contribution in [-0.2, 0) is 0 Å². The Morgan fingerprint density at radius 1 is 1.29 bits per heavy atom. The van der Waals surface area contributed by atoms with E-state index in [0.29, 0.717) is 0 Å². The van der Waals surface area contributed by atoms with Crippen LogP contribution in [-0.4, -0.2) is 5.11 Å². The summed E-state index contributed by atoms with van der Waals surface area (Å²) in [6, 6.07) is 3.95. The summed E-state index contributed by atoms with van der Waals surface area (Å²) in [6.45, 7) is 2.03. The van der Waals surface area contributed by atoms with Crippen LogP contribution in [0.3, 0.4) is 0 Å². The van der Waals surface area contributed by atoms with Gasteiger partial charge in [0.25, 0.3) is 0 Å². The lowest BCUT2D eigenvalue weighted by Gasteiger charge is -2.08. The summed E-state index contributed by atoms with van der Waals surface area (Å²) in [6.07, 6.45) is -0.490. The van der Waals surface area contributed by atoms with Gasteiger partial charge in [0.05, 0.1) is 4.88 Å². The number of aryl methyl sites for hydroxylation is 1. The van der Waals surface area contributed by atoms with Crippen molar-refractivity contribution in [1.82, 2.24) is 0 Å². The first-order valence-electron chi connectivity index (χ1n) is 4.15. The third kappa shape index (κ3) is 1.80. The topological polar surface area (TPSA) is 20.2 Å². The van der Waals surface area contributed by atoms with Crippen molar-refractivity contribution in [3.63, 3.8) is 0 Å². The fourth-order valence-corrected chi connectivity index (χ4v) is 3.65. The molecule has 1 N–H and O–H groups in total. The average Bonchev–Trinajstić information content (AvgIpc) is 2.73. The van der Waals surface area contributed by atoms with Crippen LogP contribution in [0.1, 0.15) is 21.4 Å². The van der Waals surface area contributed by atoms with E-state index in [1.807, 2.05) is 29.8 Å². The second-order valence-electron chi connectivity index (χ2n) is 2.97. The molecule has 2 rings (SSSR count). The maximum absolute atomic E-state index is 10.1. The highest BCUT2D eigenvalue weighted by atomic mass is 79.9. The number of aliphatic hydroxyl groups excluding tert-OH is 1. The first kappa shape index (κ1) is 10.4. The van der Waals surface area contributed by atoms with Crippen molar-refractivity contribution in [3.8, 4) is 0 Å². The molecule has 14 heavy (non-hydrogen) atoms. The minimum absolute atomic E-state index is 0.490. The Labute approximate surface area is 99.2 Å². The van der Waals surface area contributed by atoms with E-state index in [9.17, 15) is 5.11 Å². The van der Waals surface area contributed by atoms with E-state index in [0.717, 1.165) is 14.9 Å². The molecule has 1 nitrogen and oxygen atoms in total. The Kier molecular flexibility index (Phi) is 3.07. The number of rotatable bonds is 2. The first-order valence-corrected chi connectivity index (χ1v) is 6.70. The van der Waals surface area contributed by atoms with Crippen molar-refractivity contribution < 1.29 is 5.11 Å². The summed E-state index contributed by atoms with van der Waals surface area (Å²) >= 11 is 6.67. The molecule has 2 heterocycles. The molecular weight excluding hydrogens is 280 g/mol. The van der Waals surface area contributed by atoms with E-state index >= 15 is 0 Å². The lowest BCUT2D eigenvalue weighted by molar-refractivity contribution is 0.223. The SMILES string of the molecule is Cc1sccc1C(O)c1sccc1Br. The number of aliphatic hydroxyl groups is 1. The lowest BCUT2D eigenvalue weighted by atomic mass is 10.1. The standard InChI is InChI=1S/C10H9BrOS2/c1-6-7(2-4-13-6)9(12)10-8(11)3-5-14-10/h2-5,9,12H,1H3. The smallest absolute Gasteiger partial charge is 0.115 e. The normalized spacial score (nSPS) is 13.1. The summed E-state index contributed by atoms with van der Waals surface area (Å²) in [5.41, 5.74) is 1.01. The van der Waals surface area contributed by atoms with E-state index in [1.54, 1.807) is 22.7 Å². The van der Waals surface area contributed by atoms with Crippen LogP contribution < -0.4 is 0 Å². The molecule has 0 fully saturated rings. The van der Waals surface area contributed by atoms with Gasteiger partial charge in [-0.25, -0.2) is 0 Å². The number of hydrogen-bond donors (Lipinski definition) is 1. The van der Waals surface area contributed by atoms with E-state index in [1.165, 1.54) is 4.88 Å². The molecule has 0 aliphatic heterocycles. The molecule has 4 heteroatoms. The molecule has 2 aromatic rings. The molecule has 2 aromatic heterocycles. The highest BCUT2D eigenvalue weighted by Gasteiger charge is 2.17. The quantitative estimate of drug-likeness (QED) is 0.887. The van der Waals surface area contributed by atoms with Crippen LogP contribution in [0.25, 0.3) is 0 Å². The summed E-state index contributed by atoms with van der Waals surface area (Å²) in [5.74, 6) is 0. The van der Waals surface area contributed by atoms with E-state index in [4.69, 9.17) is 0 Å². The molecule has 0 aromatic carbocycles. The molecule has 74 valence electrons. The van der Waals surface area contributed by atoms with Crippen LogP contribution in [0.15, 0.2) is 27.4 Å². The molecule has 0 bridgehead atoms. The van der Waals surface area contributed by atoms with E-state index in [-0.39, 0.29) is 0 Å². The monoisotopic (exact) mass is 288 g/mol. The van der Waals surface area contributed by atoms with Crippen molar-refractivity contribution in [2.45, 2.75) is 13.0 Å². The van der Waals surface area contributed by atoms with Gasteiger partial charge in [-0.1, -0.05) is 0 Å². The fraction of sp³-hybridized carbons (Fsp3) is 0.200. The molecule has 0 aliphatic carbocycles. The van der Waals surface area contributed by atoms with Crippen LogP contribution in [0.2, 0.25) is 0 Å². The van der Waals surface area contributed by atoms with Crippen molar-refractivity contribution >= 4 is 38.6 Å². The Balaban J connectivity index is 2.38. The van der Waals surface area contributed by atoms with Gasteiger partial charge in [-0.3, -0.25) is 0 Å². The lowest BCUT2D eigenvalue weighted by Crippen LogP contribution is -1.97. The predicted molar refractivity (Wildman–Crippen MR) is 65.1 cm³/mol. The van der Waals surface area contributed by atoms with Gasteiger partial charge in [-0.15, -0.1) is 22.7 Å². The van der Waals surface area contributed by atoms with Gasteiger partial charge in [0.1, 0.15) is 6.10 Å². The Hall–Kier alpha value is -0.160. The van der Waals surface area contributed by atoms with Gasteiger partial charge >= 0.3 is 0 Å². The fourth-order valence-electron chi connectivity index (χ4n) is 1.32. The molecule has 0 saturated heterocycles. The van der Waals surface area contributed by atoms with Crippen molar-refractivity contribution in [2.24, 2.45) is 0 Å². The van der Waals surface area contributed by atoms with Gasteiger partial charge in [-0.05, 0) is 51.3 Å². The Bertz CT molecular complexity index is 393. The second kappa shape index (κ2) is 4.14. The molecule has 0 saturated carbocycles. The Morgan fingerprint density at radius 2 is 2.00 bits per heavy atom.